The van der Waals surface area contributed by atoms with Gasteiger partial charge in [-0.1, -0.05) is 32.0 Å². The molecular formula is C31H33N5O4. The minimum absolute atomic E-state index is 0.223. The molecule has 9 heteroatoms. The number of hydrogen-bond acceptors (Lipinski definition) is 6. The summed E-state index contributed by atoms with van der Waals surface area (Å²) < 4.78 is 13.0. The van der Waals surface area contributed by atoms with Crippen molar-refractivity contribution in [2.75, 3.05) is 19.8 Å². The Balaban J connectivity index is 1.40. The third-order valence-electron chi connectivity index (χ3n) is 5.76. The minimum atomic E-state index is -0.457. The molecule has 40 heavy (non-hydrogen) atoms. The second-order valence-electron chi connectivity index (χ2n) is 8.93. The van der Waals surface area contributed by atoms with Crippen LogP contribution in [0.1, 0.15) is 42.6 Å². The molecule has 0 aliphatic rings. The van der Waals surface area contributed by atoms with E-state index in [2.05, 4.69) is 22.8 Å². The molecule has 0 spiro atoms. The van der Waals surface area contributed by atoms with Gasteiger partial charge in [-0.15, -0.1) is 0 Å². The number of nitrogens with one attached hydrogen (secondary N) is 2. The summed E-state index contributed by atoms with van der Waals surface area (Å²) in [6.07, 6.45) is 5.22. The zero-order valence-corrected chi connectivity index (χ0v) is 22.7. The molecule has 1 aromatic heterocycles. The lowest BCUT2D eigenvalue weighted by Gasteiger charge is -2.07. The molecule has 2 N–H and O–H groups in total. The Morgan fingerprint density at radius 1 is 0.875 bits per heavy atom. The van der Waals surface area contributed by atoms with Gasteiger partial charge in [0, 0.05) is 22.9 Å². The molecule has 0 aliphatic heterocycles. The molecule has 206 valence electrons. The summed E-state index contributed by atoms with van der Waals surface area (Å²) in [4.78, 5) is 24.8. The number of carbonyl (C=O) groups excluding carboxylic acids is 2. The number of nitrogens with zero attached hydrogens (tertiary/aromatic N) is 3. The van der Waals surface area contributed by atoms with Crippen LogP contribution in [0.5, 0.6) is 11.5 Å². The zero-order valence-electron chi connectivity index (χ0n) is 22.7. The molecule has 3 aromatic carbocycles. The Kier molecular flexibility index (Phi) is 10.0. The number of carbonyl (C=O) groups is 2. The van der Waals surface area contributed by atoms with E-state index in [1.807, 2.05) is 67.7 Å². The van der Waals surface area contributed by atoms with E-state index in [9.17, 15) is 9.59 Å². The van der Waals surface area contributed by atoms with Gasteiger partial charge in [0.2, 0.25) is 0 Å². The summed E-state index contributed by atoms with van der Waals surface area (Å²) in [5, 5.41) is 11.5. The van der Waals surface area contributed by atoms with Gasteiger partial charge in [-0.2, -0.15) is 10.2 Å². The molecular weight excluding hydrogens is 506 g/mol. The van der Waals surface area contributed by atoms with Gasteiger partial charge >= 0.3 is 0 Å². The zero-order chi connectivity index (χ0) is 28.2. The van der Waals surface area contributed by atoms with Crippen molar-refractivity contribution in [3.05, 3.63) is 96.2 Å². The molecule has 0 bridgehead atoms. The summed E-state index contributed by atoms with van der Waals surface area (Å²) >= 11 is 0. The van der Waals surface area contributed by atoms with E-state index < -0.39 is 5.91 Å². The highest BCUT2D eigenvalue weighted by Gasteiger charge is 2.12. The molecule has 4 aromatic rings. The lowest BCUT2D eigenvalue weighted by atomic mass is 10.1. The fraction of sp³-hybridized carbons (Fsp3) is 0.226. The van der Waals surface area contributed by atoms with Crippen molar-refractivity contribution in [3.63, 3.8) is 0 Å². The maximum Gasteiger partial charge on any atom is 0.259 e. The Bertz CT molecular complexity index is 1410. The van der Waals surface area contributed by atoms with Crippen LogP contribution in [0.25, 0.3) is 16.9 Å². The fourth-order valence-electron chi connectivity index (χ4n) is 3.75. The highest BCUT2D eigenvalue weighted by molar-refractivity contribution is 5.96. The van der Waals surface area contributed by atoms with Gasteiger partial charge in [-0.3, -0.25) is 9.59 Å². The first-order valence-electron chi connectivity index (χ1n) is 13.3. The predicted molar refractivity (Wildman–Crippen MR) is 155 cm³/mol. The second-order valence-corrected chi connectivity index (χ2v) is 8.93. The van der Waals surface area contributed by atoms with E-state index in [1.54, 1.807) is 28.9 Å². The molecule has 0 saturated carbocycles. The van der Waals surface area contributed by atoms with Gasteiger partial charge in [0.15, 0.2) is 0 Å². The smallest absolute Gasteiger partial charge is 0.259 e. The van der Waals surface area contributed by atoms with Gasteiger partial charge in [0.1, 0.15) is 17.2 Å². The number of para-hydroxylation sites is 1. The van der Waals surface area contributed by atoms with Crippen LogP contribution in [0.3, 0.4) is 0 Å². The maximum absolute atomic E-state index is 12.4. The van der Waals surface area contributed by atoms with Crippen molar-refractivity contribution < 1.29 is 19.1 Å². The molecule has 2 amide bonds. The second kappa shape index (κ2) is 14.3. The van der Waals surface area contributed by atoms with E-state index >= 15 is 0 Å². The van der Waals surface area contributed by atoms with E-state index in [4.69, 9.17) is 14.6 Å². The van der Waals surface area contributed by atoms with Crippen LogP contribution in [0, 0.1) is 0 Å². The van der Waals surface area contributed by atoms with E-state index in [1.165, 1.54) is 6.21 Å². The first-order valence-corrected chi connectivity index (χ1v) is 13.3. The number of amides is 2. The van der Waals surface area contributed by atoms with Crippen LogP contribution in [0.15, 0.2) is 90.2 Å². The SMILES string of the molecule is CCCOc1ccc(C(=O)NCC(=O)N/N=C/c2cn(-c3ccccc3)nc2-c2ccc(OCCC)cc2)cc1. The lowest BCUT2D eigenvalue weighted by molar-refractivity contribution is -0.120. The molecule has 0 aliphatic carbocycles. The van der Waals surface area contributed by atoms with Crippen LogP contribution in [-0.2, 0) is 4.79 Å². The molecule has 0 unspecified atom stereocenters. The monoisotopic (exact) mass is 539 g/mol. The molecule has 0 fully saturated rings. The van der Waals surface area contributed by atoms with Crippen LogP contribution < -0.4 is 20.2 Å². The van der Waals surface area contributed by atoms with Crippen molar-refractivity contribution in [2.45, 2.75) is 26.7 Å². The van der Waals surface area contributed by atoms with Gasteiger partial charge in [0.05, 0.1) is 31.7 Å². The molecule has 0 radical (unpaired) electrons. The fourth-order valence-corrected chi connectivity index (χ4v) is 3.75. The number of hydrogen-bond donors (Lipinski definition) is 2. The van der Waals surface area contributed by atoms with E-state index in [0.717, 1.165) is 29.8 Å². The van der Waals surface area contributed by atoms with Crippen LogP contribution in [-0.4, -0.2) is 47.6 Å². The number of ether oxygens (including phenoxy) is 2. The Hall–Kier alpha value is -4.92. The maximum atomic E-state index is 12.4. The highest BCUT2D eigenvalue weighted by Crippen LogP contribution is 2.25. The number of benzene rings is 3. The Morgan fingerprint density at radius 3 is 2.12 bits per heavy atom. The number of aromatic nitrogens is 2. The first-order chi connectivity index (χ1) is 19.6. The summed E-state index contributed by atoms with van der Waals surface area (Å²) in [6, 6.07) is 24.2. The standard InChI is InChI=1S/C31H33N5O4/c1-3-18-39-27-14-10-23(11-15-27)30-25(22-36(35-30)26-8-6-5-7-9-26)20-33-34-29(37)21-32-31(38)24-12-16-28(17-13-24)40-19-4-2/h5-17,20,22H,3-4,18-19,21H2,1-2H3,(H,32,38)(H,34,37)/b33-20+. The van der Waals surface area contributed by atoms with Gasteiger partial charge in [0.25, 0.3) is 11.8 Å². The van der Waals surface area contributed by atoms with Gasteiger partial charge < -0.3 is 14.8 Å². The summed E-state index contributed by atoms with van der Waals surface area (Å²) in [5.41, 5.74) is 6.08. The van der Waals surface area contributed by atoms with Crippen LogP contribution in [0.2, 0.25) is 0 Å². The van der Waals surface area contributed by atoms with Crippen molar-refractivity contribution in [3.8, 4) is 28.4 Å². The van der Waals surface area contributed by atoms with Crippen LogP contribution >= 0.6 is 0 Å². The molecule has 1 heterocycles. The van der Waals surface area contributed by atoms with E-state index in [-0.39, 0.29) is 12.5 Å². The topological polar surface area (TPSA) is 107 Å². The summed E-state index contributed by atoms with van der Waals surface area (Å²) in [5.74, 6) is 0.667. The molecule has 0 saturated heterocycles. The number of rotatable bonds is 13. The van der Waals surface area contributed by atoms with Crippen molar-refractivity contribution in [2.24, 2.45) is 5.10 Å². The average Bonchev–Trinajstić information content (AvgIpc) is 3.43. The lowest BCUT2D eigenvalue weighted by Crippen LogP contribution is -2.34. The van der Waals surface area contributed by atoms with Gasteiger partial charge in [-0.05, 0) is 73.5 Å². The normalized spacial score (nSPS) is 10.8. The average molecular weight is 540 g/mol. The van der Waals surface area contributed by atoms with Crippen molar-refractivity contribution >= 4 is 18.0 Å². The molecule has 9 nitrogen and oxygen atoms in total. The first kappa shape index (κ1) is 28.1. The number of hydrazone groups is 1. The minimum Gasteiger partial charge on any atom is -0.494 e. The Morgan fingerprint density at radius 2 is 1.50 bits per heavy atom. The molecule has 0 atom stereocenters. The van der Waals surface area contributed by atoms with E-state index in [0.29, 0.717) is 35.8 Å². The summed E-state index contributed by atoms with van der Waals surface area (Å²) in [6.45, 7) is 5.13. The molecule has 4 rings (SSSR count). The van der Waals surface area contributed by atoms with Crippen molar-refractivity contribution in [1.29, 1.82) is 0 Å². The summed E-state index contributed by atoms with van der Waals surface area (Å²) in [7, 11) is 0. The third-order valence-corrected chi connectivity index (χ3v) is 5.76. The predicted octanol–water partition coefficient (Wildman–Crippen LogP) is 5.00. The highest BCUT2D eigenvalue weighted by atomic mass is 16.5. The third kappa shape index (κ3) is 7.80. The van der Waals surface area contributed by atoms with Gasteiger partial charge in [-0.25, -0.2) is 10.1 Å². The van der Waals surface area contributed by atoms with Crippen LogP contribution in [0.4, 0.5) is 0 Å². The largest absolute Gasteiger partial charge is 0.494 e. The van der Waals surface area contributed by atoms with Crippen molar-refractivity contribution in [1.82, 2.24) is 20.5 Å². The Labute approximate surface area is 233 Å². The quantitative estimate of drug-likeness (QED) is 0.184.